The molecular weight excluding hydrogens is 653 g/mol. The minimum absolute atomic E-state index is 0. The molecule has 0 amide bonds. The van der Waals surface area contributed by atoms with Gasteiger partial charge in [-0.15, -0.1) is 35.9 Å². The largest absolute Gasteiger partial charge is 0.489 e. The number of carboxylic acid groups (broad SMARTS) is 1. The van der Waals surface area contributed by atoms with Crippen molar-refractivity contribution in [3.05, 3.63) is 132 Å². The van der Waals surface area contributed by atoms with E-state index in [1.54, 1.807) is 12.1 Å². The topological polar surface area (TPSA) is 72.3 Å². The van der Waals surface area contributed by atoms with Gasteiger partial charge < -0.3 is 9.84 Å². The average Bonchev–Trinajstić information content (AvgIpc) is 3.37. The summed E-state index contributed by atoms with van der Waals surface area (Å²) >= 11 is 0. The van der Waals surface area contributed by atoms with Crippen LogP contribution < -0.4 is 4.74 Å². The van der Waals surface area contributed by atoms with E-state index in [1.165, 1.54) is 28.8 Å². The fourth-order valence-electron chi connectivity index (χ4n) is 4.02. The van der Waals surface area contributed by atoms with Crippen LogP contribution in [0.3, 0.4) is 0 Å². The van der Waals surface area contributed by atoms with Gasteiger partial charge in [-0.1, -0.05) is 67.3 Å². The number of rotatable bonds is 6. The van der Waals surface area contributed by atoms with Crippen LogP contribution in [0.1, 0.15) is 32.7 Å². The molecule has 0 aliphatic heterocycles. The summed E-state index contributed by atoms with van der Waals surface area (Å²) in [6, 6.07) is 30.4. The predicted octanol–water partition coefficient (Wildman–Crippen LogP) is 7.19. The molecule has 2 aromatic heterocycles. The van der Waals surface area contributed by atoms with Crippen molar-refractivity contribution in [3.63, 3.8) is 0 Å². The maximum Gasteiger partial charge on any atom is 0.354 e. The number of aromatic carboxylic acids is 1. The number of benzene rings is 3. The van der Waals surface area contributed by atoms with Crippen LogP contribution in [0.25, 0.3) is 40.4 Å². The first-order valence-corrected chi connectivity index (χ1v) is 11.7. The van der Waals surface area contributed by atoms with E-state index in [-0.39, 0.29) is 25.8 Å². The second kappa shape index (κ2) is 12.2. The molecule has 2 heterocycles. The Morgan fingerprint density at radius 2 is 1.79 bits per heavy atom. The van der Waals surface area contributed by atoms with Gasteiger partial charge in [-0.05, 0) is 40.1 Å². The van der Waals surface area contributed by atoms with Crippen LogP contribution in [-0.4, -0.2) is 21.0 Å². The molecule has 0 atom stereocenters. The van der Waals surface area contributed by atoms with Gasteiger partial charge in [0.05, 0.1) is 5.52 Å². The van der Waals surface area contributed by atoms with E-state index < -0.39 is 5.97 Å². The second-order valence-corrected chi connectivity index (χ2v) is 8.36. The van der Waals surface area contributed by atoms with Gasteiger partial charge in [0, 0.05) is 37.8 Å². The van der Waals surface area contributed by atoms with Crippen LogP contribution >= 0.6 is 0 Å². The number of pyridine rings is 2. The van der Waals surface area contributed by atoms with E-state index in [4.69, 9.17) is 14.8 Å². The van der Waals surface area contributed by atoms with E-state index in [1.807, 2.05) is 48.5 Å². The van der Waals surface area contributed by atoms with Crippen molar-refractivity contribution < 1.29 is 34.7 Å². The quantitative estimate of drug-likeness (QED) is 0.190. The number of carbonyl (C=O) groups is 1. The molecule has 6 rings (SSSR count). The Kier molecular flexibility index (Phi) is 8.59. The van der Waals surface area contributed by atoms with Crippen LogP contribution in [0.5, 0.6) is 5.75 Å². The molecule has 1 aliphatic rings. The van der Waals surface area contributed by atoms with Gasteiger partial charge in [-0.3, -0.25) is 4.98 Å². The third-order valence-corrected chi connectivity index (χ3v) is 5.90. The minimum atomic E-state index is -1.07. The van der Waals surface area contributed by atoms with Crippen molar-refractivity contribution in [2.75, 3.05) is 0 Å². The summed E-state index contributed by atoms with van der Waals surface area (Å²) in [6.07, 6.45) is 7.50. The normalized spacial score (nSPS) is 10.7. The van der Waals surface area contributed by atoms with Gasteiger partial charge in [-0.2, -0.15) is 0 Å². The molecule has 1 N–H and O–H groups in total. The standard InChI is InChI=1S/C17H10N.C15H13NO3.Ir/c1-2-5-12(6-3-1)16-11-14-10-9-13-7-4-8-15(18-16)17(13)14;1-2-11-3-5-12(6-4-11)10-19-13-7-8-16-14(9-13)15(17)18;/h1-5,7-11H;2-9H,1,10H2,(H,17,18);/q-1;;. The monoisotopic (exact) mass is 676 g/mol. The number of hydrogen-bond acceptors (Lipinski definition) is 4. The van der Waals surface area contributed by atoms with E-state index in [0.29, 0.717) is 12.4 Å². The molecule has 189 valence electrons. The van der Waals surface area contributed by atoms with Crippen LogP contribution in [-0.2, 0) is 26.7 Å². The fraction of sp³-hybridized carbons (Fsp3) is 0.0312. The maximum atomic E-state index is 10.8. The molecule has 0 saturated heterocycles. The number of carboxylic acids is 1. The molecule has 0 unspecified atom stereocenters. The Morgan fingerprint density at radius 1 is 0.974 bits per heavy atom. The van der Waals surface area contributed by atoms with E-state index in [2.05, 4.69) is 54.0 Å². The molecule has 0 saturated carbocycles. The summed E-state index contributed by atoms with van der Waals surface area (Å²) in [5, 5.41) is 10.1. The first-order valence-electron chi connectivity index (χ1n) is 11.7. The van der Waals surface area contributed by atoms with Crippen LogP contribution in [0.4, 0.5) is 0 Å². The van der Waals surface area contributed by atoms with Gasteiger partial charge in [0.2, 0.25) is 0 Å². The summed E-state index contributed by atoms with van der Waals surface area (Å²) in [6.45, 7) is 4.06. The van der Waals surface area contributed by atoms with Crippen molar-refractivity contribution in [3.8, 4) is 17.0 Å². The summed E-state index contributed by atoms with van der Waals surface area (Å²) in [5.74, 6) is -0.582. The number of hydrogen-bond donors (Lipinski definition) is 1. The summed E-state index contributed by atoms with van der Waals surface area (Å²) in [4.78, 5) is 19.2. The zero-order valence-electron chi connectivity index (χ0n) is 20.3. The van der Waals surface area contributed by atoms with Gasteiger partial charge in [0.25, 0.3) is 0 Å². The predicted molar refractivity (Wildman–Crippen MR) is 147 cm³/mol. The van der Waals surface area contributed by atoms with Crippen LogP contribution in [0, 0.1) is 6.07 Å². The van der Waals surface area contributed by atoms with Crippen molar-refractivity contribution in [1.82, 2.24) is 9.97 Å². The second-order valence-electron chi connectivity index (χ2n) is 8.36. The maximum absolute atomic E-state index is 10.8. The van der Waals surface area contributed by atoms with Crippen LogP contribution in [0.2, 0.25) is 0 Å². The third kappa shape index (κ3) is 6.12. The molecule has 1 radical (unpaired) electrons. The van der Waals surface area contributed by atoms with Crippen molar-refractivity contribution in [1.29, 1.82) is 0 Å². The summed E-state index contributed by atoms with van der Waals surface area (Å²) < 4.78 is 5.53. The molecule has 38 heavy (non-hydrogen) atoms. The van der Waals surface area contributed by atoms with Crippen molar-refractivity contribution >= 4 is 35.1 Å². The molecular formula is C32H23IrN2O3-. The van der Waals surface area contributed by atoms with Crippen LogP contribution in [0.15, 0.2) is 97.7 Å². The molecule has 0 fully saturated rings. The van der Waals surface area contributed by atoms with E-state index >= 15 is 0 Å². The van der Waals surface area contributed by atoms with Gasteiger partial charge in [0.1, 0.15) is 12.4 Å². The van der Waals surface area contributed by atoms with Crippen molar-refractivity contribution in [2.45, 2.75) is 6.61 Å². The van der Waals surface area contributed by atoms with E-state index in [9.17, 15) is 4.79 Å². The Bertz CT molecular complexity index is 1610. The number of aromatic nitrogens is 2. The smallest absolute Gasteiger partial charge is 0.354 e. The molecule has 0 spiro atoms. The first-order chi connectivity index (χ1) is 18.1. The number of nitrogens with zero attached hydrogens (tertiary/aromatic N) is 2. The zero-order chi connectivity index (χ0) is 25.6. The fourth-order valence-corrected chi connectivity index (χ4v) is 4.02. The minimum Gasteiger partial charge on any atom is -0.489 e. The molecule has 0 bridgehead atoms. The Labute approximate surface area is 234 Å². The van der Waals surface area contributed by atoms with Crippen molar-refractivity contribution in [2.24, 2.45) is 0 Å². The third-order valence-electron chi connectivity index (χ3n) is 5.90. The molecule has 5 aromatic rings. The zero-order valence-corrected chi connectivity index (χ0v) is 22.7. The van der Waals surface area contributed by atoms with Gasteiger partial charge in [0.15, 0.2) is 5.69 Å². The summed E-state index contributed by atoms with van der Waals surface area (Å²) in [7, 11) is 0. The molecule has 1 aliphatic carbocycles. The Morgan fingerprint density at radius 3 is 2.53 bits per heavy atom. The Balaban J connectivity index is 0.000000172. The first kappa shape index (κ1) is 26.7. The van der Waals surface area contributed by atoms with Gasteiger partial charge >= 0.3 is 5.97 Å². The average molecular weight is 676 g/mol. The van der Waals surface area contributed by atoms with E-state index in [0.717, 1.165) is 27.9 Å². The SMILES string of the molecule is C=Cc1ccc(COc2ccnc(C(=O)O)c2)cc1.[Ir].[c-]1ccccc1-c1cc2c3c(cccc3n1)C=C2. The number of ether oxygens (including phenoxy) is 1. The van der Waals surface area contributed by atoms with Gasteiger partial charge in [-0.25, -0.2) is 9.78 Å². The summed E-state index contributed by atoms with van der Waals surface area (Å²) in [5.41, 5.74) is 7.62. The molecule has 3 aromatic carbocycles. The Hall–Kier alpha value is -4.38. The molecule has 6 heteroatoms. The molecule has 5 nitrogen and oxygen atoms in total.